The Morgan fingerprint density at radius 1 is 1.38 bits per heavy atom. The molecule has 1 aliphatic rings. The number of rotatable bonds is 6. The Kier molecular flexibility index (Phi) is 6.55. The molecule has 2 aromatic rings. The maximum absolute atomic E-state index is 12.7. The number of nitrogens with one attached hydrogen (secondary N) is 2. The van der Waals surface area contributed by atoms with Crippen molar-refractivity contribution in [3.8, 4) is 9.88 Å². The zero-order valence-electron chi connectivity index (χ0n) is 14.8. The summed E-state index contributed by atoms with van der Waals surface area (Å²) in [4.78, 5) is 18.3. The highest BCUT2D eigenvalue weighted by Gasteiger charge is 2.20. The van der Waals surface area contributed by atoms with Crippen molar-refractivity contribution in [1.29, 1.82) is 0 Å². The first kappa shape index (κ1) is 18.8. The van der Waals surface area contributed by atoms with E-state index in [9.17, 15) is 4.79 Å². The summed E-state index contributed by atoms with van der Waals surface area (Å²) in [6.45, 7) is 7.91. The minimum atomic E-state index is -0.185. The van der Waals surface area contributed by atoms with E-state index in [1.807, 2.05) is 35.9 Å². The number of thiophene rings is 1. The second kappa shape index (κ2) is 9.07. The van der Waals surface area contributed by atoms with Crippen molar-refractivity contribution in [1.82, 2.24) is 15.6 Å². The number of hydrogen-bond donors (Lipinski definition) is 2. The van der Waals surface area contributed by atoms with Crippen LogP contribution in [0.2, 0.25) is 0 Å². The van der Waals surface area contributed by atoms with Crippen LogP contribution in [0.5, 0.6) is 0 Å². The van der Waals surface area contributed by atoms with Gasteiger partial charge in [-0.15, -0.1) is 22.7 Å². The van der Waals surface area contributed by atoms with Crippen molar-refractivity contribution in [3.63, 3.8) is 0 Å². The molecule has 4 nitrogen and oxygen atoms in total. The van der Waals surface area contributed by atoms with Crippen molar-refractivity contribution in [3.05, 3.63) is 64.7 Å². The van der Waals surface area contributed by atoms with Gasteiger partial charge in [-0.2, -0.15) is 0 Å². The maximum atomic E-state index is 12.7. The highest BCUT2D eigenvalue weighted by atomic mass is 32.1. The third-order valence-electron chi connectivity index (χ3n) is 4.36. The van der Waals surface area contributed by atoms with Crippen LogP contribution in [-0.4, -0.2) is 24.0 Å². The lowest BCUT2D eigenvalue weighted by atomic mass is 9.88. The molecule has 1 aliphatic heterocycles. The van der Waals surface area contributed by atoms with E-state index in [0.29, 0.717) is 11.6 Å². The molecule has 0 spiro atoms. The molecule has 6 heteroatoms. The number of allylic oxidation sites excluding steroid dienone is 4. The third kappa shape index (κ3) is 4.38. The third-order valence-corrected chi connectivity index (χ3v) is 6.24. The number of hydrogen-bond acceptors (Lipinski definition) is 5. The molecule has 0 unspecified atom stereocenters. The lowest BCUT2D eigenvalue weighted by molar-refractivity contribution is 0.0962. The lowest BCUT2D eigenvalue weighted by Gasteiger charge is -2.25. The fraction of sp³-hybridized carbons (Fsp3) is 0.300. The summed E-state index contributed by atoms with van der Waals surface area (Å²) >= 11 is 3.12. The first-order chi connectivity index (χ1) is 12.7. The summed E-state index contributed by atoms with van der Waals surface area (Å²) in [7, 11) is 0. The highest BCUT2D eigenvalue weighted by molar-refractivity contribution is 7.20. The van der Waals surface area contributed by atoms with Gasteiger partial charge in [0.25, 0.3) is 5.91 Å². The molecule has 0 radical (unpaired) electrons. The smallest absolute Gasteiger partial charge is 0.275 e. The van der Waals surface area contributed by atoms with E-state index in [1.54, 1.807) is 17.4 Å². The second-order valence-electron chi connectivity index (χ2n) is 6.07. The average Bonchev–Trinajstić information content (AvgIpc) is 3.36. The lowest BCUT2D eigenvalue weighted by Crippen LogP contribution is -2.30. The zero-order valence-corrected chi connectivity index (χ0v) is 16.5. The van der Waals surface area contributed by atoms with Crippen LogP contribution in [0.25, 0.3) is 9.88 Å². The first-order valence-electron chi connectivity index (χ1n) is 8.73. The van der Waals surface area contributed by atoms with E-state index in [1.165, 1.54) is 11.3 Å². The fourth-order valence-corrected chi connectivity index (χ4v) is 4.69. The Hall–Kier alpha value is -2.02. The quantitative estimate of drug-likeness (QED) is 0.714. The molecule has 2 aromatic heterocycles. The summed E-state index contributed by atoms with van der Waals surface area (Å²) in [5.74, 6) is 0.243. The van der Waals surface area contributed by atoms with Crippen molar-refractivity contribution >= 4 is 28.6 Å². The van der Waals surface area contributed by atoms with Crippen LogP contribution in [0.1, 0.15) is 30.3 Å². The maximum Gasteiger partial charge on any atom is 0.275 e. The van der Waals surface area contributed by atoms with Crippen LogP contribution >= 0.6 is 22.7 Å². The Labute approximate surface area is 162 Å². The molecule has 136 valence electrons. The van der Waals surface area contributed by atoms with E-state index in [-0.39, 0.29) is 5.91 Å². The normalized spacial score (nSPS) is 16.5. The molecule has 1 saturated heterocycles. The number of piperidine rings is 1. The van der Waals surface area contributed by atoms with Gasteiger partial charge in [0.1, 0.15) is 10.7 Å². The number of amides is 1. The summed E-state index contributed by atoms with van der Waals surface area (Å²) in [5, 5.41) is 11.1. The minimum Gasteiger partial charge on any atom is -0.320 e. The van der Waals surface area contributed by atoms with Gasteiger partial charge in [-0.25, -0.2) is 4.98 Å². The van der Waals surface area contributed by atoms with E-state index in [2.05, 4.69) is 28.3 Å². The van der Waals surface area contributed by atoms with E-state index < -0.39 is 0 Å². The molecule has 0 aromatic carbocycles. The Bertz CT molecular complexity index is 812. The van der Waals surface area contributed by atoms with E-state index >= 15 is 0 Å². The van der Waals surface area contributed by atoms with Crippen LogP contribution in [0.3, 0.4) is 0 Å². The Morgan fingerprint density at radius 2 is 2.19 bits per heavy atom. The molecule has 2 N–H and O–H groups in total. The fourth-order valence-electron chi connectivity index (χ4n) is 3.08. The predicted molar refractivity (Wildman–Crippen MR) is 111 cm³/mol. The van der Waals surface area contributed by atoms with Gasteiger partial charge in [0.05, 0.1) is 4.88 Å². The van der Waals surface area contributed by atoms with E-state index in [0.717, 1.165) is 47.1 Å². The predicted octanol–water partition coefficient (Wildman–Crippen LogP) is 4.62. The SMILES string of the molecule is C=C/C(NC(=O)c1csc(-c2cccs2)n1)=C(\C=C/C)C1CCNCC1. The summed E-state index contributed by atoms with van der Waals surface area (Å²) in [6, 6.07) is 4.00. The molecule has 0 saturated carbocycles. The van der Waals surface area contributed by atoms with Gasteiger partial charge >= 0.3 is 0 Å². The number of thiazole rings is 1. The summed E-state index contributed by atoms with van der Waals surface area (Å²) in [5.41, 5.74) is 2.37. The molecule has 0 aliphatic carbocycles. The highest BCUT2D eigenvalue weighted by Crippen LogP contribution is 2.28. The van der Waals surface area contributed by atoms with Crippen LogP contribution < -0.4 is 10.6 Å². The zero-order chi connectivity index (χ0) is 18.4. The summed E-state index contributed by atoms with van der Waals surface area (Å²) < 4.78 is 0. The van der Waals surface area contributed by atoms with Crippen molar-refractivity contribution < 1.29 is 4.79 Å². The molecule has 1 amide bonds. The molecule has 0 bridgehead atoms. The second-order valence-corrected chi connectivity index (χ2v) is 7.87. The van der Waals surface area contributed by atoms with Gasteiger partial charge in [0, 0.05) is 11.1 Å². The van der Waals surface area contributed by atoms with Crippen LogP contribution in [0, 0.1) is 5.92 Å². The Balaban J connectivity index is 1.81. The number of nitrogens with zero attached hydrogens (tertiary/aromatic N) is 1. The Morgan fingerprint density at radius 3 is 2.85 bits per heavy atom. The largest absolute Gasteiger partial charge is 0.320 e. The molecule has 1 fully saturated rings. The van der Waals surface area contributed by atoms with Gasteiger partial charge in [-0.1, -0.05) is 24.8 Å². The minimum absolute atomic E-state index is 0.185. The van der Waals surface area contributed by atoms with Crippen LogP contribution in [0.15, 0.2) is 59.0 Å². The topological polar surface area (TPSA) is 54.0 Å². The number of aromatic nitrogens is 1. The number of carbonyl (C=O) groups is 1. The van der Waals surface area contributed by atoms with Crippen LogP contribution in [0.4, 0.5) is 0 Å². The molecule has 3 rings (SSSR count). The van der Waals surface area contributed by atoms with Crippen molar-refractivity contribution in [2.45, 2.75) is 19.8 Å². The molecular formula is C20H23N3OS2. The van der Waals surface area contributed by atoms with Crippen LogP contribution in [-0.2, 0) is 0 Å². The average molecular weight is 386 g/mol. The van der Waals surface area contributed by atoms with E-state index in [4.69, 9.17) is 0 Å². The van der Waals surface area contributed by atoms with Gasteiger partial charge in [0.15, 0.2) is 0 Å². The molecule has 3 heterocycles. The van der Waals surface area contributed by atoms with Crippen molar-refractivity contribution in [2.24, 2.45) is 5.92 Å². The van der Waals surface area contributed by atoms with Gasteiger partial charge in [-0.3, -0.25) is 4.79 Å². The summed E-state index contributed by atoms with van der Waals surface area (Å²) in [6.07, 6.45) is 7.97. The van der Waals surface area contributed by atoms with Gasteiger partial charge in [0.2, 0.25) is 0 Å². The monoisotopic (exact) mass is 385 g/mol. The molecular weight excluding hydrogens is 362 g/mol. The van der Waals surface area contributed by atoms with Gasteiger partial charge < -0.3 is 10.6 Å². The van der Waals surface area contributed by atoms with Crippen molar-refractivity contribution in [2.75, 3.05) is 13.1 Å². The molecule has 0 atom stereocenters. The first-order valence-corrected chi connectivity index (χ1v) is 10.5. The number of carbonyl (C=O) groups excluding carboxylic acids is 1. The van der Waals surface area contributed by atoms with Gasteiger partial charge in [-0.05, 0) is 61.9 Å². The standard InChI is InChI=1S/C20H23N3OS2/c1-3-6-15(14-8-10-21-11-9-14)16(4-2)22-19(24)17-13-26-20(23-17)18-7-5-12-25-18/h3-7,12-14,21H,2,8-11H2,1H3,(H,22,24)/b6-3-,16-15-. The molecule has 26 heavy (non-hydrogen) atoms.